The largest absolute Gasteiger partial charge is 0.341 e. The van der Waals surface area contributed by atoms with Gasteiger partial charge in [-0.05, 0) is 26.1 Å². The zero-order valence-electron chi connectivity index (χ0n) is 9.67. The summed E-state index contributed by atoms with van der Waals surface area (Å²) < 4.78 is 0. The van der Waals surface area contributed by atoms with Crippen LogP contribution in [0, 0.1) is 0 Å². The fourth-order valence-corrected chi connectivity index (χ4v) is 1.80. The smallest absolute Gasteiger partial charge is 0.236 e. The highest BCUT2D eigenvalue weighted by Gasteiger charge is 2.13. The molecule has 0 fully saturated rings. The minimum absolute atomic E-state index is 0.181. The number of thioether (sulfide) groups is 1. The summed E-state index contributed by atoms with van der Waals surface area (Å²) in [4.78, 5) is 13.4. The van der Waals surface area contributed by atoms with Crippen LogP contribution in [-0.2, 0) is 4.79 Å². The van der Waals surface area contributed by atoms with Gasteiger partial charge in [-0.1, -0.05) is 6.92 Å². The van der Waals surface area contributed by atoms with Gasteiger partial charge < -0.3 is 10.2 Å². The topological polar surface area (TPSA) is 32.3 Å². The lowest BCUT2D eigenvalue weighted by Gasteiger charge is -2.24. The monoisotopic (exact) mass is 218 g/mol. The van der Waals surface area contributed by atoms with E-state index >= 15 is 0 Å². The van der Waals surface area contributed by atoms with Crippen LogP contribution in [0.2, 0.25) is 0 Å². The van der Waals surface area contributed by atoms with Gasteiger partial charge in [0.15, 0.2) is 0 Å². The minimum Gasteiger partial charge on any atom is -0.341 e. The highest BCUT2D eigenvalue weighted by Crippen LogP contribution is 2.03. The number of amides is 1. The molecular weight excluding hydrogens is 196 g/mol. The molecule has 1 N–H and O–H groups in total. The van der Waals surface area contributed by atoms with E-state index in [1.807, 2.05) is 11.9 Å². The molecule has 1 atom stereocenters. The molecule has 0 rings (SSSR count). The Hall–Kier alpha value is -0.220. The van der Waals surface area contributed by atoms with Gasteiger partial charge in [0.05, 0.1) is 6.54 Å². The molecule has 4 heteroatoms. The van der Waals surface area contributed by atoms with E-state index in [0.717, 1.165) is 18.7 Å². The van der Waals surface area contributed by atoms with Crippen LogP contribution >= 0.6 is 11.8 Å². The minimum atomic E-state index is 0.181. The molecule has 0 saturated carbocycles. The van der Waals surface area contributed by atoms with Gasteiger partial charge in [0, 0.05) is 18.8 Å². The number of nitrogens with zero attached hydrogens (tertiary/aromatic N) is 1. The zero-order valence-corrected chi connectivity index (χ0v) is 10.5. The lowest BCUT2D eigenvalue weighted by Crippen LogP contribution is -2.41. The Morgan fingerprint density at radius 3 is 2.71 bits per heavy atom. The number of carbonyl (C=O) groups excluding carboxylic acids is 1. The van der Waals surface area contributed by atoms with Crippen LogP contribution in [0.3, 0.4) is 0 Å². The van der Waals surface area contributed by atoms with Gasteiger partial charge in [-0.25, -0.2) is 0 Å². The molecule has 0 aliphatic carbocycles. The van der Waals surface area contributed by atoms with E-state index in [9.17, 15) is 4.79 Å². The number of nitrogens with one attached hydrogen (secondary N) is 1. The first-order valence-electron chi connectivity index (χ1n) is 5.08. The average molecular weight is 218 g/mol. The van der Waals surface area contributed by atoms with E-state index in [-0.39, 0.29) is 5.91 Å². The molecule has 0 aromatic heterocycles. The van der Waals surface area contributed by atoms with Crippen LogP contribution in [0.5, 0.6) is 0 Å². The van der Waals surface area contributed by atoms with Gasteiger partial charge in [0.25, 0.3) is 0 Å². The van der Waals surface area contributed by atoms with E-state index in [1.54, 1.807) is 11.8 Å². The molecule has 0 saturated heterocycles. The van der Waals surface area contributed by atoms with Crippen LogP contribution in [0.15, 0.2) is 0 Å². The second-order valence-corrected chi connectivity index (χ2v) is 4.40. The first-order valence-corrected chi connectivity index (χ1v) is 6.48. The molecule has 0 bridgehead atoms. The highest BCUT2D eigenvalue weighted by atomic mass is 32.2. The molecule has 14 heavy (non-hydrogen) atoms. The summed E-state index contributed by atoms with van der Waals surface area (Å²) in [5.74, 6) is 1.18. The van der Waals surface area contributed by atoms with E-state index in [2.05, 4.69) is 25.4 Å². The summed E-state index contributed by atoms with van der Waals surface area (Å²) in [5, 5.41) is 3.11. The summed E-state index contributed by atoms with van der Waals surface area (Å²) in [6, 6.07) is 0.320. The molecule has 0 heterocycles. The molecule has 0 spiro atoms. The van der Waals surface area contributed by atoms with Crippen molar-refractivity contribution in [3.63, 3.8) is 0 Å². The fraction of sp³-hybridized carbons (Fsp3) is 0.900. The van der Waals surface area contributed by atoms with Crippen molar-refractivity contribution in [2.24, 2.45) is 0 Å². The van der Waals surface area contributed by atoms with Crippen molar-refractivity contribution in [2.75, 3.05) is 32.1 Å². The molecular formula is C10H22N2OS. The van der Waals surface area contributed by atoms with Crippen LogP contribution in [0.25, 0.3) is 0 Å². The van der Waals surface area contributed by atoms with Gasteiger partial charge >= 0.3 is 0 Å². The molecule has 1 unspecified atom stereocenters. The van der Waals surface area contributed by atoms with E-state index < -0.39 is 0 Å². The number of likely N-dealkylation sites (N-methyl/N-ethyl adjacent to an activating group) is 1. The number of carbonyl (C=O) groups is 1. The van der Waals surface area contributed by atoms with Gasteiger partial charge in [-0.2, -0.15) is 11.8 Å². The second kappa shape index (κ2) is 8.12. The number of hydrogen-bond acceptors (Lipinski definition) is 3. The first kappa shape index (κ1) is 13.8. The maximum Gasteiger partial charge on any atom is 0.236 e. The van der Waals surface area contributed by atoms with E-state index in [4.69, 9.17) is 0 Å². The maximum atomic E-state index is 11.6. The van der Waals surface area contributed by atoms with Crippen molar-refractivity contribution >= 4 is 17.7 Å². The third-order valence-electron chi connectivity index (χ3n) is 2.17. The zero-order chi connectivity index (χ0) is 11.0. The van der Waals surface area contributed by atoms with Crippen molar-refractivity contribution in [1.82, 2.24) is 10.2 Å². The highest BCUT2D eigenvalue weighted by molar-refractivity contribution is 7.98. The van der Waals surface area contributed by atoms with Crippen LogP contribution in [-0.4, -0.2) is 49.0 Å². The van der Waals surface area contributed by atoms with Crippen LogP contribution in [0.1, 0.15) is 20.3 Å². The van der Waals surface area contributed by atoms with Crippen molar-refractivity contribution in [3.05, 3.63) is 0 Å². The van der Waals surface area contributed by atoms with Crippen LogP contribution < -0.4 is 5.32 Å². The quantitative estimate of drug-likeness (QED) is 0.652. The fourth-order valence-electron chi connectivity index (χ4n) is 1.10. The molecule has 0 aliphatic heterocycles. The third-order valence-corrected chi connectivity index (χ3v) is 2.98. The predicted molar refractivity (Wildman–Crippen MR) is 63.8 cm³/mol. The van der Waals surface area contributed by atoms with Gasteiger partial charge in [-0.15, -0.1) is 0 Å². The van der Waals surface area contributed by atoms with E-state index in [0.29, 0.717) is 12.6 Å². The predicted octanol–water partition coefficient (Wildman–Crippen LogP) is 1.20. The Morgan fingerprint density at radius 2 is 2.21 bits per heavy atom. The average Bonchev–Trinajstić information content (AvgIpc) is 2.17. The number of hydrogen-bond donors (Lipinski definition) is 1. The summed E-state index contributed by atoms with van der Waals surface area (Å²) in [5.41, 5.74) is 0. The maximum absolute atomic E-state index is 11.6. The molecule has 0 aromatic rings. The van der Waals surface area contributed by atoms with Crippen molar-refractivity contribution in [1.29, 1.82) is 0 Å². The molecule has 84 valence electrons. The van der Waals surface area contributed by atoms with Crippen molar-refractivity contribution < 1.29 is 4.79 Å². The molecule has 0 aromatic carbocycles. The Labute approximate surface area is 91.6 Å². The summed E-state index contributed by atoms with van der Waals surface area (Å²) >= 11 is 1.77. The van der Waals surface area contributed by atoms with Crippen LogP contribution in [0.4, 0.5) is 0 Å². The molecule has 0 radical (unpaired) electrons. The Balaban J connectivity index is 3.74. The van der Waals surface area contributed by atoms with Gasteiger partial charge in [0.2, 0.25) is 5.91 Å². The Bertz CT molecular complexity index is 164. The lowest BCUT2D eigenvalue weighted by atomic mass is 10.3. The summed E-state index contributed by atoms with van der Waals surface area (Å²) in [7, 11) is 1.87. The van der Waals surface area contributed by atoms with Gasteiger partial charge in [0.1, 0.15) is 0 Å². The normalized spacial score (nSPS) is 12.6. The van der Waals surface area contributed by atoms with Crippen molar-refractivity contribution in [2.45, 2.75) is 26.3 Å². The SMILES string of the molecule is CCCNCC(=O)N(C)C(C)CSC. The first-order chi connectivity index (χ1) is 6.63. The second-order valence-electron chi connectivity index (χ2n) is 3.49. The molecule has 1 amide bonds. The molecule has 3 nitrogen and oxygen atoms in total. The van der Waals surface area contributed by atoms with Crippen molar-refractivity contribution in [3.8, 4) is 0 Å². The van der Waals surface area contributed by atoms with Gasteiger partial charge in [-0.3, -0.25) is 4.79 Å². The summed E-state index contributed by atoms with van der Waals surface area (Å²) in [6.07, 6.45) is 3.13. The summed E-state index contributed by atoms with van der Waals surface area (Å²) in [6.45, 7) is 5.55. The Morgan fingerprint density at radius 1 is 1.57 bits per heavy atom. The molecule has 0 aliphatic rings. The number of rotatable bonds is 7. The van der Waals surface area contributed by atoms with E-state index in [1.165, 1.54) is 0 Å². The standard InChI is InChI=1S/C10H22N2OS/c1-5-6-11-7-10(13)12(3)9(2)8-14-4/h9,11H,5-8H2,1-4H3. The third kappa shape index (κ3) is 5.50. The lowest BCUT2D eigenvalue weighted by molar-refractivity contribution is -0.130. The Kier molecular flexibility index (Phi) is 7.99.